The van der Waals surface area contributed by atoms with Crippen LogP contribution >= 0.6 is 0 Å². The largest absolute Gasteiger partial charge is 0.457 e. The Bertz CT molecular complexity index is 1610. The predicted molar refractivity (Wildman–Crippen MR) is 157 cm³/mol. The molecule has 0 aliphatic carbocycles. The van der Waals surface area contributed by atoms with Crippen molar-refractivity contribution in [3.05, 3.63) is 115 Å². The second-order valence-corrected chi connectivity index (χ2v) is 15.5. The van der Waals surface area contributed by atoms with E-state index in [1.165, 1.54) is 16.3 Å². The van der Waals surface area contributed by atoms with Crippen LogP contribution in [0.25, 0.3) is 44.5 Å². The molecule has 1 radical (unpaired) electrons. The zero-order valence-corrected chi connectivity index (χ0v) is 25.7. The molecule has 0 fully saturated rings. The molecule has 0 amide bonds. The topological polar surface area (TPSA) is 38.9 Å². The van der Waals surface area contributed by atoms with E-state index in [4.69, 9.17) is 4.42 Å². The zero-order valence-electron chi connectivity index (χ0n) is 22.3. The minimum absolute atomic E-state index is 0. The third kappa shape index (κ3) is 6.19. The molecule has 193 valence electrons. The Kier molecular flexibility index (Phi) is 8.42. The van der Waals surface area contributed by atoms with Crippen molar-refractivity contribution in [2.75, 3.05) is 0 Å². The van der Waals surface area contributed by atoms with Crippen LogP contribution in [0.3, 0.4) is 0 Å². The number of para-hydroxylation sites is 1. The molecule has 0 N–H and O–H groups in total. The summed E-state index contributed by atoms with van der Waals surface area (Å²) in [5.74, 6) is 0. The summed E-state index contributed by atoms with van der Waals surface area (Å²) in [5.41, 5.74) is 8.12. The van der Waals surface area contributed by atoms with Gasteiger partial charge in [-0.25, -0.2) is 0 Å². The number of nitrogens with zero attached hydrogens (tertiary/aromatic N) is 2. The van der Waals surface area contributed by atoms with Gasteiger partial charge in [-0.1, -0.05) is 56.9 Å². The number of hydrogen-bond donors (Lipinski definition) is 0. The minimum atomic E-state index is -1.29. The number of fused-ring (bicyclic) bond motifs is 3. The summed E-state index contributed by atoms with van der Waals surface area (Å²) < 4.78 is 5.95. The first-order chi connectivity index (χ1) is 17.8. The molecule has 0 aliphatic rings. The summed E-state index contributed by atoms with van der Waals surface area (Å²) in [7, 11) is -1.29. The summed E-state index contributed by atoms with van der Waals surface area (Å²) in [5, 5.41) is 3.58. The molecule has 6 aromatic rings. The average molecular weight is 691 g/mol. The van der Waals surface area contributed by atoms with Crippen LogP contribution in [0.1, 0.15) is 11.1 Å². The third-order valence-electron chi connectivity index (χ3n) is 6.37. The first-order valence-electron chi connectivity index (χ1n) is 12.5. The minimum Gasteiger partial charge on any atom is -0.457 e. The molecule has 0 bridgehead atoms. The van der Waals surface area contributed by atoms with Crippen LogP contribution in [0.2, 0.25) is 19.6 Å². The van der Waals surface area contributed by atoms with Crippen LogP contribution in [0.4, 0.5) is 0 Å². The number of benzene rings is 3. The van der Waals surface area contributed by atoms with E-state index in [9.17, 15) is 0 Å². The van der Waals surface area contributed by atoms with Crippen molar-refractivity contribution in [3.63, 3.8) is 0 Å². The molecule has 3 aromatic heterocycles. The second kappa shape index (κ2) is 11.6. The van der Waals surface area contributed by atoms with Crippen molar-refractivity contribution in [2.24, 2.45) is 0 Å². The van der Waals surface area contributed by atoms with Gasteiger partial charge in [-0.05, 0) is 36.0 Å². The monoisotopic (exact) mass is 691 g/mol. The van der Waals surface area contributed by atoms with Crippen molar-refractivity contribution >= 4 is 35.2 Å². The van der Waals surface area contributed by atoms with Crippen molar-refractivity contribution in [1.29, 1.82) is 0 Å². The van der Waals surface area contributed by atoms with Crippen molar-refractivity contribution in [3.8, 4) is 22.5 Å². The van der Waals surface area contributed by atoms with E-state index in [1.807, 2.05) is 61.8 Å². The second-order valence-electron chi connectivity index (χ2n) is 10.4. The van der Waals surface area contributed by atoms with Gasteiger partial charge in [0.25, 0.3) is 0 Å². The number of aromatic nitrogens is 2. The summed E-state index contributed by atoms with van der Waals surface area (Å²) in [6.07, 6.45) is 3.78. The Morgan fingerprint density at radius 2 is 1.34 bits per heavy atom. The molecule has 0 unspecified atom stereocenters. The Balaban J connectivity index is 0.000000193. The van der Waals surface area contributed by atoms with E-state index in [-0.39, 0.29) is 20.1 Å². The quantitative estimate of drug-likeness (QED) is 0.139. The maximum Gasteiger partial charge on any atom is 0.135 e. The smallest absolute Gasteiger partial charge is 0.135 e. The van der Waals surface area contributed by atoms with Gasteiger partial charge in [0, 0.05) is 51.3 Å². The maximum atomic E-state index is 5.95. The Labute approximate surface area is 239 Å². The van der Waals surface area contributed by atoms with Gasteiger partial charge in [0.2, 0.25) is 0 Å². The van der Waals surface area contributed by atoms with Gasteiger partial charge in [0.15, 0.2) is 0 Å². The van der Waals surface area contributed by atoms with E-state index < -0.39 is 8.07 Å². The summed E-state index contributed by atoms with van der Waals surface area (Å²) >= 11 is 0. The van der Waals surface area contributed by atoms with Gasteiger partial charge in [-0.3, -0.25) is 0 Å². The molecule has 5 heteroatoms. The Hall–Kier alpha value is -3.37. The molecular formula is C33H30IrN2OSi-2. The van der Waals surface area contributed by atoms with Crippen molar-refractivity contribution < 1.29 is 24.5 Å². The SMILES string of the molecule is C[Si](C)(C)c1c[c-]c(-c2cc3oc4ccccc4c3cn2)cc1.Cc1c[c-]c(-c2ccc(C)cn2)cc1.[Ir]. The normalized spacial score (nSPS) is 11.1. The molecule has 0 spiro atoms. The number of pyridine rings is 2. The fourth-order valence-corrected chi connectivity index (χ4v) is 5.20. The van der Waals surface area contributed by atoms with Gasteiger partial charge < -0.3 is 14.4 Å². The molecule has 3 aromatic carbocycles. The standard InChI is InChI=1S/C20H18NOSi.C13H12N.Ir/c1-23(2,3)15-10-8-14(9-11-15)18-12-20-17(13-21-18)16-6-4-5-7-19(16)22-20;1-10-3-6-12(7-4-10)13-8-5-11(2)9-14-13;/h4-8,10-13H,1-3H3;3-6,8-9H,1-2H3;/q2*-1;. The van der Waals surface area contributed by atoms with E-state index in [0.29, 0.717) is 0 Å². The van der Waals surface area contributed by atoms with E-state index in [2.05, 4.69) is 85.1 Å². The Morgan fingerprint density at radius 3 is 2.00 bits per heavy atom. The van der Waals surface area contributed by atoms with Crippen LogP contribution in [-0.2, 0) is 20.1 Å². The van der Waals surface area contributed by atoms with E-state index in [0.717, 1.165) is 44.5 Å². The van der Waals surface area contributed by atoms with Crippen LogP contribution in [0, 0.1) is 26.0 Å². The molecule has 0 aliphatic heterocycles. The van der Waals surface area contributed by atoms with Crippen molar-refractivity contribution in [2.45, 2.75) is 33.5 Å². The maximum absolute atomic E-state index is 5.95. The fraction of sp³-hybridized carbons (Fsp3) is 0.152. The zero-order chi connectivity index (χ0) is 26.0. The molecule has 38 heavy (non-hydrogen) atoms. The van der Waals surface area contributed by atoms with Gasteiger partial charge in [-0.2, -0.15) is 0 Å². The third-order valence-corrected chi connectivity index (χ3v) is 8.42. The van der Waals surface area contributed by atoms with Crippen LogP contribution < -0.4 is 5.19 Å². The summed E-state index contributed by atoms with van der Waals surface area (Å²) in [4.78, 5) is 8.96. The molecule has 6 rings (SSSR count). The number of hydrogen-bond acceptors (Lipinski definition) is 3. The molecule has 0 saturated carbocycles. The fourth-order valence-electron chi connectivity index (χ4n) is 4.11. The van der Waals surface area contributed by atoms with E-state index in [1.54, 1.807) is 0 Å². The molecule has 0 saturated heterocycles. The van der Waals surface area contributed by atoms with Gasteiger partial charge in [0.1, 0.15) is 11.2 Å². The first kappa shape index (κ1) is 27.7. The van der Waals surface area contributed by atoms with E-state index >= 15 is 0 Å². The van der Waals surface area contributed by atoms with Gasteiger partial charge in [-0.15, -0.1) is 70.4 Å². The van der Waals surface area contributed by atoms with Gasteiger partial charge in [0.05, 0.1) is 0 Å². The Morgan fingerprint density at radius 1 is 0.658 bits per heavy atom. The van der Waals surface area contributed by atoms with Crippen molar-refractivity contribution in [1.82, 2.24) is 9.97 Å². The predicted octanol–water partition coefficient (Wildman–Crippen LogP) is 8.16. The summed E-state index contributed by atoms with van der Waals surface area (Å²) in [6.45, 7) is 11.1. The molecular weight excluding hydrogens is 661 g/mol. The van der Waals surface area contributed by atoms with Crippen LogP contribution in [0.15, 0.2) is 95.7 Å². The molecule has 3 nitrogen and oxygen atoms in total. The van der Waals surface area contributed by atoms with Gasteiger partial charge >= 0.3 is 0 Å². The number of furan rings is 1. The molecule has 0 atom stereocenters. The molecule has 3 heterocycles. The average Bonchev–Trinajstić information content (AvgIpc) is 3.28. The number of rotatable bonds is 3. The van der Waals surface area contributed by atoms with Crippen LogP contribution in [-0.4, -0.2) is 18.0 Å². The first-order valence-corrected chi connectivity index (χ1v) is 16.0. The number of aryl methyl sites for hydroxylation is 2. The summed E-state index contributed by atoms with van der Waals surface area (Å²) in [6, 6.07) is 33.3. The van der Waals surface area contributed by atoms with Crippen LogP contribution in [0.5, 0.6) is 0 Å².